The van der Waals surface area contributed by atoms with Gasteiger partial charge in [0, 0.05) is 18.0 Å². The van der Waals surface area contributed by atoms with Gasteiger partial charge in [-0.1, -0.05) is 18.2 Å². The number of nitrogens with zero attached hydrogens (tertiary/aromatic N) is 1. The summed E-state index contributed by atoms with van der Waals surface area (Å²) in [5.74, 6) is 2.13. The van der Waals surface area contributed by atoms with Crippen molar-refractivity contribution >= 4 is 22.7 Å². The first-order valence-corrected chi connectivity index (χ1v) is 8.46. The van der Waals surface area contributed by atoms with E-state index in [9.17, 15) is 0 Å². The zero-order chi connectivity index (χ0) is 14.5. The summed E-state index contributed by atoms with van der Waals surface area (Å²) >= 11 is 1.88. The lowest BCUT2D eigenvalue weighted by Crippen LogP contribution is -2.37. The van der Waals surface area contributed by atoms with E-state index in [0.717, 1.165) is 23.2 Å². The van der Waals surface area contributed by atoms with Crippen LogP contribution in [0.3, 0.4) is 0 Å². The van der Waals surface area contributed by atoms with Gasteiger partial charge in [0.05, 0.1) is 6.04 Å². The second kappa shape index (κ2) is 7.16. The van der Waals surface area contributed by atoms with Gasteiger partial charge in [0.1, 0.15) is 11.3 Å². The third-order valence-corrected chi connectivity index (χ3v) is 4.57. The smallest absolute Gasteiger partial charge is 0.134 e. The van der Waals surface area contributed by atoms with E-state index in [2.05, 4.69) is 37.3 Å². The molecule has 2 rings (SSSR count). The number of rotatable bonds is 7. The Morgan fingerprint density at radius 3 is 2.75 bits per heavy atom. The molecule has 1 aromatic heterocycles. The SMILES string of the molecule is CSCCC(C)N(C)C(CN)c1cc2ccccc2o1. The standard InChI is InChI=1S/C16H24N2OS/c1-12(8-9-20-3)18(2)14(11-17)16-10-13-6-4-5-7-15(13)19-16/h4-7,10,12,14H,8-9,11,17H2,1-3H3. The van der Waals surface area contributed by atoms with Crippen LogP contribution >= 0.6 is 11.8 Å². The Balaban J connectivity index is 2.18. The van der Waals surface area contributed by atoms with E-state index in [0.29, 0.717) is 12.6 Å². The fourth-order valence-electron chi connectivity index (χ4n) is 2.45. The van der Waals surface area contributed by atoms with Crippen molar-refractivity contribution in [2.75, 3.05) is 25.6 Å². The van der Waals surface area contributed by atoms with Gasteiger partial charge in [-0.3, -0.25) is 4.90 Å². The molecule has 4 heteroatoms. The Bertz CT molecular complexity index is 507. The molecule has 0 aliphatic heterocycles. The molecule has 1 aromatic carbocycles. The maximum Gasteiger partial charge on any atom is 0.134 e. The molecule has 0 amide bonds. The summed E-state index contributed by atoms with van der Waals surface area (Å²) in [5.41, 5.74) is 6.92. The number of nitrogens with two attached hydrogens (primary N) is 1. The molecule has 0 radical (unpaired) electrons. The van der Waals surface area contributed by atoms with Gasteiger partial charge in [-0.25, -0.2) is 0 Å². The second-order valence-electron chi connectivity index (χ2n) is 5.23. The van der Waals surface area contributed by atoms with Crippen LogP contribution in [0.25, 0.3) is 11.0 Å². The van der Waals surface area contributed by atoms with Crippen molar-refractivity contribution in [1.29, 1.82) is 0 Å². The van der Waals surface area contributed by atoms with Crippen LogP contribution in [0.2, 0.25) is 0 Å². The molecule has 3 nitrogen and oxygen atoms in total. The Labute approximate surface area is 125 Å². The van der Waals surface area contributed by atoms with E-state index in [1.54, 1.807) is 0 Å². The first kappa shape index (κ1) is 15.4. The average Bonchev–Trinajstić information content (AvgIpc) is 2.88. The minimum absolute atomic E-state index is 0.138. The lowest BCUT2D eigenvalue weighted by molar-refractivity contribution is 0.167. The first-order valence-electron chi connectivity index (χ1n) is 7.06. The van der Waals surface area contributed by atoms with E-state index in [-0.39, 0.29) is 6.04 Å². The summed E-state index contributed by atoms with van der Waals surface area (Å²) in [7, 11) is 2.13. The Morgan fingerprint density at radius 1 is 1.35 bits per heavy atom. The van der Waals surface area contributed by atoms with Crippen LogP contribution in [-0.4, -0.2) is 36.5 Å². The van der Waals surface area contributed by atoms with Gasteiger partial charge in [0.15, 0.2) is 0 Å². The summed E-state index contributed by atoms with van der Waals surface area (Å²) in [6.07, 6.45) is 3.31. The fourth-order valence-corrected chi connectivity index (χ4v) is 3.03. The maximum absolute atomic E-state index is 5.99. The monoisotopic (exact) mass is 292 g/mol. The van der Waals surface area contributed by atoms with E-state index >= 15 is 0 Å². The largest absolute Gasteiger partial charge is 0.459 e. The molecule has 0 fully saturated rings. The maximum atomic E-state index is 5.99. The van der Waals surface area contributed by atoms with Crippen molar-refractivity contribution in [3.05, 3.63) is 36.1 Å². The molecule has 110 valence electrons. The third kappa shape index (κ3) is 3.37. The molecule has 0 spiro atoms. The molecule has 20 heavy (non-hydrogen) atoms. The fraction of sp³-hybridized carbons (Fsp3) is 0.500. The quantitative estimate of drug-likeness (QED) is 0.848. The van der Waals surface area contributed by atoms with Crippen LogP contribution in [-0.2, 0) is 0 Å². The van der Waals surface area contributed by atoms with Crippen molar-refractivity contribution < 1.29 is 4.42 Å². The van der Waals surface area contributed by atoms with Gasteiger partial charge >= 0.3 is 0 Å². The topological polar surface area (TPSA) is 42.4 Å². The predicted molar refractivity (Wildman–Crippen MR) is 88.2 cm³/mol. The summed E-state index contributed by atoms with van der Waals surface area (Å²) in [6.45, 7) is 2.82. The van der Waals surface area contributed by atoms with Gasteiger partial charge in [-0.05, 0) is 44.5 Å². The Morgan fingerprint density at radius 2 is 2.10 bits per heavy atom. The molecule has 0 saturated carbocycles. The Hall–Kier alpha value is -0.970. The van der Waals surface area contributed by atoms with Crippen molar-refractivity contribution in [1.82, 2.24) is 4.90 Å². The molecule has 2 aromatic rings. The van der Waals surface area contributed by atoms with Gasteiger partial charge < -0.3 is 10.2 Å². The molecule has 0 aliphatic carbocycles. The van der Waals surface area contributed by atoms with Gasteiger partial charge in [0.25, 0.3) is 0 Å². The number of furan rings is 1. The molecular formula is C16H24N2OS. The van der Waals surface area contributed by atoms with Crippen LogP contribution in [0.1, 0.15) is 25.1 Å². The second-order valence-corrected chi connectivity index (χ2v) is 6.22. The zero-order valence-corrected chi connectivity index (χ0v) is 13.3. The van der Waals surface area contributed by atoms with E-state index in [1.807, 2.05) is 30.0 Å². The van der Waals surface area contributed by atoms with E-state index in [4.69, 9.17) is 10.2 Å². The van der Waals surface area contributed by atoms with Gasteiger partial charge in [-0.15, -0.1) is 0 Å². The number of hydrogen-bond donors (Lipinski definition) is 1. The molecule has 0 bridgehead atoms. The Kier molecular flexibility index (Phi) is 5.52. The van der Waals surface area contributed by atoms with Crippen LogP contribution < -0.4 is 5.73 Å². The lowest BCUT2D eigenvalue weighted by Gasteiger charge is -2.31. The molecule has 2 N–H and O–H groups in total. The number of benzene rings is 1. The van der Waals surface area contributed by atoms with Crippen LogP contribution in [0.4, 0.5) is 0 Å². The molecule has 0 aliphatic rings. The lowest BCUT2D eigenvalue weighted by atomic mass is 10.1. The highest BCUT2D eigenvalue weighted by atomic mass is 32.2. The molecular weight excluding hydrogens is 268 g/mol. The number of thioether (sulfide) groups is 1. The highest BCUT2D eigenvalue weighted by molar-refractivity contribution is 7.98. The number of para-hydroxylation sites is 1. The van der Waals surface area contributed by atoms with Crippen molar-refractivity contribution in [3.8, 4) is 0 Å². The van der Waals surface area contributed by atoms with E-state index in [1.165, 1.54) is 5.75 Å². The zero-order valence-electron chi connectivity index (χ0n) is 12.5. The summed E-state index contributed by atoms with van der Waals surface area (Å²) in [4.78, 5) is 2.33. The highest BCUT2D eigenvalue weighted by Gasteiger charge is 2.23. The molecule has 2 unspecified atom stereocenters. The predicted octanol–water partition coefficient (Wildman–Crippen LogP) is 3.51. The highest BCUT2D eigenvalue weighted by Crippen LogP contribution is 2.28. The normalized spacial score (nSPS) is 14.8. The first-order chi connectivity index (χ1) is 9.67. The van der Waals surface area contributed by atoms with Crippen molar-refractivity contribution in [2.24, 2.45) is 5.73 Å². The van der Waals surface area contributed by atoms with Crippen molar-refractivity contribution in [3.63, 3.8) is 0 Å². The number of fused-ring (bicyclic) bond motifs is 1. The summed E-state index contributed by atoms with van der Waals surface area (Å²) in [5, 5.41) is 1.14. The minimum Gasteiger partial charge on any atom is -0.459 e. The van der Waals surface area contributed by atoms with Gasteiger partial charge in [0.2, 0.25) is 0 Å². The number of hydrogen-bond acceptors (Lipinski definition) is 4. The van der Waals surface area contributed by atoms with Crippen LogP contribution in [0.15, 0.2) is 34.7 Å². The third-order valence-electron chi connectivity index (χ3n) is 3.92. The summed E-state index contributed by atoms with van der Waals surface area (Å²) in [6, 6.07) is 10.9. The van der Waals surface area contributed by atoms with Gasteiger partial charge in [-0.2, -0.15) is 11.8 Å². The average molecular weight is 292 g/mol. The van der Waals surface area contributed by atoms with Crippen LogP contribution in [0.5, 0.6) is 0 Å². The summed E-state index contributed by atoms with van der Waals surface area (Å²) < 4.78 is 5.97. The molecule has 1 heterocycles. The molecule has 2 atom stereocenters. The molecule has 0 saturated heterocycles. The minimum atomic E-state index is 0.138. The number of likely N-dealkylation sites (N-methyl/N-ethyl adjacent to an activating group) is 1. The van der Waals surface area contributed by atoms with E-state index < -0.39 is 0 Å². The van der Waals surface area contributed by atoms with Crippen LogP contribution in [0, 0.1) is 0 Å². The van der Waals surface area contributed by atoms with Crippen molar-refractivity contribution in [2.45, 2.75) is 25.4 Å².